The monoisotopic (exact) mass is 292 g/mol. The van der Waals surface area contributed by atoms with Crippen LogP contribution in [0.15, 0.2) is 18.3 Å². The number of rotatable bonds is 8. The zero-order valence-corrected chi connectivity index (χ0v) is 13.9. The van der Waals surface area contributed by atoms with E-state index in [1.165, 1.54) is 0 Å². The molecule has 1 amide bonds. The van der Waals surface area contributed by atoms with Crippen LogP contribution in [0.1, 0.15) is 38.2 Å². The molecule has 5 heteroatoms. The van der Waals surface area contributed by atoms with Crippen LogP contribution in [0.25, 0.3) is 0 Å². The van der Waals surface area contributed by atoms with Gasteiger partial charge in [-0.15, -0.1) is 0 Å². The summed E-state index contributed by atoms with van der Waals surface area (Å²) in [6.07, 6.45) is 1.69. The van der Waals surface area contributed by atoms with Crippen molar-refractivity contribution in [3.8, 4) is 0 Å². The first-order chi connectivity index (χ1) is 9.99. The van der Waals surface area contributed by atoms with E-state index < -0.39 is 0 Å². The molecule has 0 aliphatic carbocycles. The van der Waals surface area contributed by atoms with Gasteiger partial charge >= 0.3 is 0 Å². The lowest BCUT2D eigenvalue weighted by Crippen LogP contribution is -2.32. The average Bonchev–Trinajstić information content (AvgIpc) is 2.48. The molecule has 0 atom stereocenters. The Kier molecular flexibility index (Phi) is 7.15. The van der Waals surface area contributed by atoms with Crippen molar-refractivity contribution in [2.45, 2.75) is 33.7 Å². The first-order valence-corrected chi connectivity index (χ1v) is 7.69. The minimum absolute atomic E-state index is 0.0112. The van der Waals surface area contributed by atoms with Gasteiger partial charge in [0.25, 0.3) is 5.91 Å². The summed E-state index contributed by atoms with van der Waals surface area (Å²) in [5, 5.41) is 3.35. The minimum atomic E-state index is -0.0112. The van der Waals surface area contributed by atoms with Crippen LogP contribution in [-0.2, 0) is 0 Å². The van der Waals surface area contributed by atoms with Gasteiger partial charge in [-0.2, -0.15) is 0 Å². The van der Waals surface area contributed by atoms with Crippen LogP contribution in [0.4, 0.5) is 5.69 Å². The highest BCUT2D eigenvalue weighted by Gasteiger charge is 2.14. The Morgan fingerprint density at radius 1 is 1.33 bits per heavy atom. The number of aromatic nitrogens is 1. The van der Waals surface area contributed by atoms with Crippen molar-refractivity contribution < 1.29 is 4.79 Å². The third kappa shape index (κ3) is 5.34. The number of likely N-dealkylation sites (N-methyl/N-ethyl adjacent to an activating group) is 1. The van der Waals surface area contributed by atoms with Gasteiger partial charge in [-0.05, 0) is 46.9 Å². The van der Waals surface area contributed by atoms with Crippen LogP contribution >= 0.6 is 0 Å². The summed E-state index contributed by atoms with van der Waals surface area (Å²) in [7, 11) is 2.11. The van der Waals surface area contributed by atoms with E-state index in [4.69, 9.17) is 0 Å². The van der Waals surface area contributed by atoms with E-state index in [0.29, 0.717) is 24.8 Å². The number of anilines is 1. The summed E-state index contributed by atoms with van der Waals surface area (Å²) < 4.78 is 0. The standard InChI is InChI=1S/C16H28N4O/c1-6-20(7-2)16(21)15-12-14(8-9-18-15)17-10-11-19(5)13(3)4/h8-9,12-13H,6-7,10-11H2,1-5H3,(H,17,18). The Bertz CT molecular complexity index is 444. The van der Waals surface area contributed by atoms with E-state index in [9.17, 15) is 4.79 Å². The van der Waals surface area contributed by atoms with Crippen LogP contribution in [0.3, 0.4) is 0 Å². The Balaban J connectivity index is 2.62. The normalized spacial score (nSPS) is 11.0. The minimum Gasteiger partial charge on any atom is -0.384 e. The molecule has 0 bridgehead atoms. The third-order valence-electron chi connectivity index (χ3n) is 3.70. The summed E-state index contributed by atoms with van der Waals surface area (Å²) in [5.41, 5.74) is 1.44. The Hall–Kier alpha value is -1.62. The van der Waals surface area contributed by atoms with Crippen molar-refractivity contribution in [3.05, 3.63) is 24.0 Å². The second-order valence-corrected chi connectivity index (χ2v) is 5.41. The lowest BCUT2D eigenvalue weighted by molar-refractivity contribution is 0.0767. The molecule has 0 spiro atoms. The molecule has 1 rings (SSSR count). The molecule has 0 aliphatic heterocycles. The maximum absolute atomic E-state index is 12.3. The van der Waals surface area contributed by atoms with E-state index in [1.807, 2.05) is 26.0 Å². The Labute approximate surface area is 128 Å². The molecule has 0 saturated carbocycles. The maximum atomic E-state index is 12.3. The maximum Gasteiger partial charge on any atom is 0.272 e. The predicted molar refractivity (Wildman–Crippen MR) is 87.7 cm³/mol. The molecule has 0 fully saturated rings. The van der Waals surface area contributed by atoms with Crippen LogP contribution in [0.5, 0.6) is 0 Å². The summed E-state index contributed by atoms with van der Waals surface area (Å²) in [4.78, 5) is 20.5. The molecular weight excluding hydrogens is 264 g/mol. The molecule has 21 heavy (non-hydrogen) atoms. The average molecular weight is 292 g/mol. The SMILES string of the molecule is CCN(CC)C(=O)c1cc(NCCN(C)C(C)C)ccn1. The molecule has 0 aromatic carbocycles. The first kappa shape index (κ1) is 17.4. The van der Waals surface area contributed by atoms with Gasteiger partial charge < -0.3 is 15.1 Å². The fraction of sp³-hybridized carbons (Fsp3) is 0.625. The van der Waals surface area contributed by atoms with Crippen molar-refractivity contribution >= 4 is 11.6 Å². The van der Waals surface area contributed by atoms with Crippen molar-refractivity contribution in [1.82, 2.24) is 14.8 Å². The molecule has 5 nitrogen and oxygen atoms in total. The number of nitrogens with one attached hydrogen (secondary N) is 1. The molecule has 0 aliphatic rings. The van der Waals surface area contributed by atoms with Crippen LogP contribution < -0.4 is 5.32 Å². The second kappa shape index (κ2) is 8.62. The van der Waals surface area contributed by atoms with Gasteiger partial charge in [-0.3, -0.25) is 9.78 Å². The number of hydrogen-bond acceptors (Lipinski definition) is 4. The summed E-state index contributed by atoms with van der Waals surface area (Å²) in [5.74, 6) is -0.0112. The quantitative estimate of drug-likeness (QED) is 0.799. The summed E-state index contributed by atoms with van der Waals surface area (Å²) in [6.45, 7) is 11.5. The number of nitrogens with zero attached hydrogens (tertiary/aromatic N) is 3. The van der Waals surface area contributed by atoms with Crippen LogP contribution in [0, 0.1) is 0 Å². The van der Waals surface area contributed by atoms with Gasteiger partial charge in [0.15, 0.2) is 0 Å². The highest BCUT2D eigenvalue weighted by molar-refractivity contribution is 5.93. The second-order valence-electron chi connectivity index (χ2n) is 5.41. The van der Waals surface area contributed by atoms with E-state index in [0.717, 1.165) is 18.8 Å². The van der Waals surface area contributed by atoms with E-state index in [-0.39, 0.29) is 5.91 Å². The zero-order valence-electron chi connectivity index (χ0n) is 13.9. The molecular formula is C16H28N4O. The van der Waals surface area contributed by atoms with Gasteiger partial charge in [-0.1, -0.05) is 0 Å². The van der Waals surface area contributed by atoms with Gasteiger partial charge in [0.05, 0.1) is 0 Å². The molecule has 1 aromatic rings. The van der Waals surface area contributed by atoms with Crippen LogP contribution in [0.2, 0.25) is 0 Å². The summed E-state index contributed by atoms with van der Waals surface area (Å²) >= 11 is 0. The Morgan fingerprint density at radius 2 is 2.00 bits per heavy atom. The number of carbonyl (C=O) groups is 1. The van der Waals surface area contributed by atoms with Gasteiger partial charge in [0.1, 0.15) is 5.69 Å². The third-order valence-corrected chi connectivity index (χ3v) is 3.70. The van der Waals surface area contributed by atoms with Crippen molar-refractivity contribution in [3.63, 3.8) is 0 Å². The molecule has 0 saturated heterocycles. The fourth-order valence-corrected chi connectivity index (χ4v) is 1.97. The molecule has 118 valence electrons. The topological polar surface area (TPSA) is 48.5 Å². The van der Waals surface area contributed by atoms with Crippen molar-refractivity contribution in [2.24, 2.45) is 0 Å². The zero-order chi connectivity index (χ0) is 15.8. The van der Waals surface area contributed by atoms with E-state index in [2.05, 4.69) is 36.1 Å². The highest BCUT2D eigenvalue weighted by Crippen LogP contribution is 2.10. The molecule has 0 unspecified atom stereocenters. The first-order valence-electron chi connectivity index (χ1n) is 7.69. The lowest BCUT2D eigenvalue weighted by atomic mass is 10.2. The number of hydrogen-bond donors (Lipinski definition) is 1. The Morgan fingerprint density at radius 3 is 2.57 bits per heavy atom. The van der Waals surface area contributed by atoms with E-state index >= 15 is 0 Å². The fourth-order valence-electron chi connectivity index (χ4n) is 1.97. The molecule has 0 radical (unpaired) electrons. The van der Waals surface area contributed by atoms with Gasteiger partial charge in [-0.25, -0.2) is 0 Å². The molecule has 1 aromatic heterocycles. The van der Waals surface area contributed by atoms with Gasteiger partial charge in [0, 0.05) is 44.1 Å². The van der Waals surface area contributed by atoms with Gasteiger partial charge in [0.2, 0.25) is 0 Å². The number of amides is 1. The predicted octanol–water partition coefficient (Wildman–Crippen LogP) is 2.32. The molecule has 1 N–H and O–H groups in total. The van der Waals surface area contributed by atoms with Crippen LogP contribution in [-0.4, -0.2) is 60.0 Å². The van der Waals surface area contributed by atoms with Crippen molar-refractivity contribution in [1.29, 1.82) is 0 Å². The highest BCUT2D eigenvalue weighted by atomic mass is 16.2. The van der Waals surface area contributed by atoms with E-state index in [1.54, 1.807) is 11.1 Å². The summed E-state index contributed by atoms with van der Waals surface area (Å²) in [6, 6.07) is 4.26. The smallest absolute Gasteiger partial charge is 0.272 e. The number of pyridine rings is 1. The lowest BCUT2D eigenvalue weighted by Gasteiger charge is -2.21. The van der Waals surface area contributed by atoms with Crippen molar-refractivity contribution in [2.75, 3.05) is 38.5 Å². The number of carbonyl (C=O) groups excluding carboxylic acids is 1. The molecule has 1 heterocycles. The largest absolute Gasteiger partial charge is 0.384 e.